The summed E-state index contributed by atoms with van der Waals surface area (Å²) in [6.45, 7) is 34.5. The standard InChI is InChI=1S/C74H78N6Si/c1-71(2,3)52-40-50(41-53(44-52)72(4,5)6)69-62-32-28-58(77-62)67(47-22-20-46(21-23-47)36-39-81(13,14)15)59-29-33-63(78-59)70(51-42-54(73(7,8)9)45-55(43-51)74(10,11)12)65-35-31-61(80-65)68(60-30-34-64(69)79-60)49-26-24-48(25-27-49)66(56-18-16-37-75-56)57-19-17-38-76-57/h16-35,37-38,40-45,66,75-77,80H,1-15H3. The van der Waals surface area contributed by atoms with Crippen LogP contribution in [0.3, 0.4) is 0 Å². The predicted molar refractivity (Wildman–Crippen MR) is 348 cm³/mol. The monoisotopic (exact) mass is 1080 g/mol. The Hall–Kier alpha value is -8.18. The number of fused-ring (bicyclic) bond motifs is 8. The van der Waals surface area contributed by atoms with E-state index in [1.165, 1.54) is 27.8 Å². The van der Waals surface area contributed by atoms with Crippen molar-refractivity contribution in [3.63, 3.8) is 0 Å². The molecule has 408 valence electrons. The average Bonchev–Trinajstić information content (AvgIpc) is 4.48. The molecule has 11 rings (SSSR count). The van der Waals surface area contributed by atoms with Gasteiger partial charge in [-0.25, -0.2) is 9.97 Å². The summed E-state index contributed by atoms with van der Waals surface area (Å²) in [5.74, 6) is 3.50. The van der Waals surface area contributed by atoms with E-state index in [2.05, 4.69) is 292 Å². The van der Waals surface area contributed by atoms with Gasteiger partial charge in [-0.3, -0.25) is 0 Å². The molecule has 2 aliphatic rings. The van der Waals surface area contributed by atoms with E-state index in [0.29, 0.717) is 0 Å². The van der Waals surface area contributed by atoms with Gasteiger partial charge in [0.05, 0.1) is 28.7 Å². The Morgan fingerprint density at radius 1 is 0.395 bits per heavy atom. The molecule has 0 saturated carbocycles. The Bertz CT molecular complexity index is 3980. The van der Waals surface area contributed by atoms with Crippen molar-refractivity contribution in [3.05, 3.63) is 213 Å². The zero-order valence-electron chi connectivity index (χ0n) is 50.1. The van der Waals surface area contributed by atoms with Crippen molar-refractivity contribution in [3.8, 4) is 56.0 Å². The van der Waals surface area contributed by atoms with E-state index in [1.54, 1.807) is 0 Å². The molecule has 6 nitrogen and oxygen atoms in total. The second-order valence-electron chi connectivity index (χ2n) is 27.5. The third-order valence-corrected chi connectivity index (χ3v) is 16.7. The Kier molecular flexibility index (Phi) is 13.8. The molecule has 7 heterocycles. The molecular formula is C74H78N6Si. The maximum atomic E-state index is 5.77. The van der Waals surface area contributed by atoms with Crippen molar-refractivity contribution in [2.45, 2.75) is 130 Å². The smallest absolute Gasteiger partial charge is 0.129 e. The second-order valence-corrected chi connectivity index (χ2v) is 32.2. The molecule has 0 atom stereocenters. The van der Waals surface area contributed by atoms with E-state index >= 15 is 0 Å². The summed E-state index contributed by atoms with van der Waals surface area (Å²) in [6.07, 6.45) is 12.8. The van der Waals surface area contributed by atoms with Gasteiger partial charge < -0.3 is 19.9 Å². The highest BCUT2D eigenvalue weighted by Crippen LogP contribution is 2.43. The average molecular weight is 1080 g/mol. The molecule has 5 aromatic heterocycles. The van der Waals surface area contributed by atoms with Gasteiger partial charge in [-0.05, 0) is 157 Å². The van der Waals surface area contributed by atoms with Crippen molar-refractivity contribution in [1.82, 2.24) is 29.9 Å². The van der Waals surface area contributed by atoms with E-state index in [1.807, 2.05) is 12.4 Å². The molecule has 0 aliphatic carbocycles. The van der Waals surface area contributed by atoms with Gasteiger partial charge in [0.25, 0.3) is 0 Å². The lowest BCUT2D eigenvalue weighted by molar-refractivity contribution is 0.568. The molecule has 7 heteroatoms. The van der Waals surface area contributed by atoms with Gasteiger partial charge in [0.1, 0.15) is 8.07 Å². The van der Waals surface area contributed by atoms with Gasteiger partial charge in [-0.15, -0.1) is 5.54 Å². The van der Waals surface area contributed by atoms with Crippen LogP contribution in [0.15, 0.2) is 146 Å². The maximum Gasteiger partial charge on any atom is 0.129 e. The Morgan fingerprint density at radius 2 is 0.728 bits per heavy atom. The minimum atomic E-state index is -1.60. The summed E-state index contributed by atoms with van der Waals surface area (Å²) in [6, 6.07) is 49.6. The maximum absolute atomic E-state index is 5.77. The number of nitrogens with zero attached hydrogens (tertiary/aromatic N) is 2. The van der Waals surface area contributed by atoms with E-state index in [0.717, 1.165) is 106 Å². The van der Waals surface area contributed by atoms with Gasteiger partial charge in [0, 0.05) is 73.7 Å². The van der Waals surface area contributed by atoms with Crippen LogP contribution in [0.5, 0.6) is 0 Å². The fourth-order valence-electron chi connectivity index (χ4n) is 11.1. The number of benzene rings is 4. The molecule has 2 aliphatic heterocycles. The molecular weight excluding hydrogens is 1000 g/mol. The van der Waals surface area contributed by atoms with Crippen LogP contribution in [0.2, 0.25) is 19.6 Å². The van der Waals surface area contributed by atoms with Crippen molar-refractivity contribution in [2.24, 2.45) is 0 Å². The molecule has 8 bridgehead atoms. The quantitative estimate of drug-likeness (QED) is 0.0946. The third-order valence-electron chi connectivity index (χ3n) is 15.8. The molecule has 81 heavy (non-hydrogen) atoms. The Labute approximate surface area is 481 Å². The summed E-state index contributed by atoms with van der Waals surface area (Å²) in [5, 5.41) is 0. The number of aromatic nitrogens is 6. The van der Waals surface area contributed by atoms with Crippen molar-refractivity contribution in [1.29, 1.82) is 0 Å². The summed E-state index contributed by atoms with van der Waals surface area (Å²) < 4.78 is 0. The van der Waals surface area contributed by atoms with Crippen LogP contribution >= 0.6 is 0 Å². The van der Waals surface area contributed by atoms with Crippen molar-refractivity contribution < 1.29 is 0 Å². The minimum absolute atomic E-state index is 0.00340. The molecule has 4 aromatic carbocycles. The van der Waals surface area contributed by atoms with E-state index in [9.17, 15) is 0 Å². The highest BCUT2D eigenvalue weighted by Gasteiger charge is 2.27. The number of hydrogen-bond donors (Lipinski definition) is 4. The van der Waals surface area contributed by atoms with Gasteiger partial charge in [-0.2, -0.15) is 0 Å². The van der Waals surface area contributed by atoms with E-state index in [4.69, 9.17) is 9.97 Å². The second kappa shape index (κ2) is 20.4. The highest BCUT2D eigenvalue weighted by molar-refractivity contribution is 6.83. The third kappa shape index (κ3) is 11.3. The van der Waals surface area contributed by atoms with Crippen LogP contribution in [0, 0.1) is 11.5 Å². The number of hydrogen-bond acceptors (Lipinski definition) is 2. The van der Waals surface area contributed by atoms with Gasteiger partial charge >= 0.3 is 0 Å². The summed E-state index contributed by atoms with van der Waals surface area (Å²) in [4.78, 5) is 26.6. The van der Waals surface area contributed by atoms with Gasteiger partial charge in [0.2, 0.25) is 0 Å². The molecule has 0 saturated heterocycles. The van der Waals surface area contributed by atoms with Crippen LogP contribution in [-0.2, 0) is 21.7 Å². The molecule has 0 amide bonds. The summed E-state index contributed by atoms with van der Waals surface area (Å²) in [5.41, 5.74) is 28.5. The van der Waals surface area contributed by atoms with Crippen molar-refractivity contribution in [2.75, 3.05) is 0 Å². The van der Waals surface area contributed by atoms with Crippen LogP contribution in [0.25, 0.3) is 90.9 Å². The number of H-pyrrole nitrogens is 4. The molecule has 4 N–H and O–H groups in total. The summed E-state index contributed by atoms with van der Waals surface area (Å²) in [7, 11) is -1.60. The fourth-order valence-corrected chi connectivity index (χ4v) is 11.6. The lowest BCUT2D eigenvalue weighted by Gasteiger charge is -2.26. The molecule has 9 aromatic rings. The van der Waals surface area contributed by atoms with Crippen molar-refractivity contribution >= 4 is 54.4 Å². The SMILES string of the molecule is CC(C)(C)c1cc(-c2c3nc(c(-c4ccc(C(c5ccc[nH]5)c5ccc[nH]5)cc4)c4ccc([nH]4)c(-c4cc(C(C)(C)C)cc(C(C)(C)C)c4)c4nc(c(-c5ccc(C#C[Si](C)(C)C)cc5)c5ccc2[nH]5)C=C4)C=C3)cc(C(C)(C)C)c1. The van der Waals surface area contributed by atoms with Gasteiger partial charge in [0.15, 0.2) is 0 Å². The van der Waals surface area contributed by atoms with Gasteiger partial charge in [-0.1, -0.05) is 181 Å². The molecule has 0 unspecified atom stereocenters. The normalized spacial score (nSPS) is 13.0. The van der Waals surface area contributed by atoms with Crippen LogP contribution < -0.4 is 0 Å². The first-order chi connectivity index (χ1) is 38.2. The Balaban J connectivity index is 1.27. The lowest BCUT2D eigenvalue weighted by Crippen LogP contribution is -2.16. The molecule has 0 radical (unpaired) electrons. The van der Waals surface area contributed by atoms with Crippen LogP contribution in [0.1, 0.15) is 157 Å². The number of rotatable bonds is 7. The topological polar surface area (TPSA) is 88.9 Å². The first-order valence-corrected chi connectivity index (χ1v) is 32.2. The first-order valence-electron chi connectivity index (χ1n) is 28.7. The van der Waals surface area contributed by atoms with Crippen LogP contribution in [-0.4, -0.2) is 38.0 Å². The largest absolute Gasteiger partial charge is 0.364 e. The van der Waals surface area contributed by atoms with E-state index < -0.39 is 8.07 Å². The number of nitrogens with one attached hydrogen (secondary N) is 4. The van der Waals surface area contributed by atoms with Crippen LogP contribution in [0.4, 0.5) is 0 Å². The zero-order valence-corrected chi connectivity index (χ0v) is 51.1. The zero-order chi connectivity index (χ0) is 57.4. The summed E-state index contributed by atoms with van der Waals surface area (Å²) >= 11 is 0. The van der Waals surface area contributed by atoms with E-state index in [-0.39, 0.29) is 27.6 Å². The highest BCUT2D eigenvalue weighted by atomic mass is 28.3. The fraction of sp³-hybridized carbons (Fsp3) is 0.270. The first kappa shape index (κ1) is 54.8. The number of aromatic amines is 4. The Morgan fingerprint density at radius 3 is 1.04 bits per heavy atom. The molecule has 0 spiro atoms. The predicted octanol–water partition coefficient (Wildman–Crippen LogP) is 19.6. The molecule has 0 fully saturated rings. The minimum Gasteiger partial charge on any atom is -0.364 e. The lowest BCUT2D eigenvalue weighted by atomic mass is 9.78.